The number of likely N-dealkylation sites (tertiary alicyclic amines) is 1. The van der Waals surface area contributed by atoms with Gasteiger partial charge in [0.25, 0.3) is 5.91 Å². The minimum Gasteiger partial charge on any atom is -0.482 e. The quantitative estimate of drug-likeness (QED) is 0.928. The van der Waals surface area contributed by atoms with Crippen LogP contribution < -0.4 is 4.74 Å². The Kier molecular flexibility index (Phi) is 5.52. The zero-order valence-corrected chi connectivity index (χ0v) is 12.5. The van der Waals surface area contributed by atoms with Crippen LogP contribution in [0.4, 0.5) is 0 Å². The number of benzene rings is 1. The molecule has 0 spiro atoms. The molecule has 2 rings (SSSR count). The minimum absolute atomic E-state index is 0.0561. The Bertz CT molecular complexity index is 481. The lowest BCUT2D eigenvalue weighted by molar-refractivity contribution is -0.135. The van der Waals surface area contributed by atoms with Gasteiger partial charge in [0.2, 0.25) is 0 Å². The van der Waals surface area contributed by atoms with Crippen LogP contribution in [-0.4, -0.2) is 42.2 Å². The van der Waals surface area contributed by atoms with Gasteiger partial charge in [0, 0.05) is 24.7 Å². The first-order valence-electron chi connectivity index (χ1n) is 6.56. The monoisotopic (exact) mass is 317 g/mol. The maximum atomic E-state index is 12.1. The summed E-state index contributed by atoms with van der Waals surface area (Å²) in [5.41, 5.74) is 0. The van der Waals surface area contributed by atoms with Gasteiger partial charge >= 0.3 is 0 Å². The average Bonchev–Trinajstić information content (AvgIpc) is 2.46. The summed E-state index contributed by atoms with van der Waals surface area (Å²) in [5.74, 6) is 0.529. The lowest BCUT2D eigenvalue weighted by Gasteiger charge is -2.31. The van der Waals surface area contributed by atoms with Crippen molar-refractivity contribution >= 4 is 29.1 Å². The molecule has 1 aromatic carbocycles. The second kappa shape index (κ2) is 7.16. The molecule has 1 unspecified atom stereocenters. The van der Waals surface area contributed by atoms with Gasteiger partial charge in [-0.15, -0.1) is 0 Å². The van der Waals surface area contributed by atoms with E-state index in [2.05, 4.69) is 0 Å². The number of carbonyl (C=O) groups is 1. The second-order valence-electron chi connectivity index (χ2n) is 4.89. The van der Waals surface area contributed by atoms with Crippen molar-refractivity contribution in [2.75, 3.05) is 26.3 Å². The van der Waals surface area contributed by atoms with Crippen molar-refractivity contribution in [3.8, 4) is 5.75 Å². The van der Waals surface area contributed by atoms with Crippen molar-refractivity contribution in [1.29, 1.82) is 0 Å². The smallest absolute Gasteiger partial charge is 0.260 e. The summed E-state index contributed by atoms with van der Waals surface area (Å²) in [4.78, 5) is 13.8. The topological polar surface area (TPSA) is 49.8 Å². The molecule has 0 bridgehead atoms. The number of amides is 1. The molecule has 0 aliphatic carbocycles. The van der Waals surface area contributed by atoms with E-state index in [1.54, 1.807) is 23.1 Å². The second-order valence-corrected chi connectivity index (χ2v) is 5.74. The molecule has 1 heterocycles. The van der Waals surface area contributed by atoms with Crippen molar-refractivity contribution in [3.05, 3.63) is 28.2 Å². The molecule has 1 N–H and O–H groups in total. The molecule has 1 amide bonds. The summed E-state index contributed by atoms with van der Waals surface area (Å²) < 4.78 is 5.43. The highest BCUT2D eigenvalue weighted by atomic mass is 35.5. The molecule has 20 heavy (non-hydrogen) atoms. The first-order valence-corrected chi connectivity index (χ1v) is 7.32. The molecule has 1 saturated heterocycles. The van der Waals surface area contributed by atoms with E-state index in [1.807, 2.05) is 0 Å². The predicted molar refractivity (Wildman–Crippen MR) is 78.3 cm³/mol. The standard InChI is InChI=1S/C14H17Cl2NO3/c15-11-3-4-13(12(16)6-11)20-9-14(19)17-5-1-2-10(7-17)8-18/h3-4,6,10,18H,1-2,5,7-9H2. The van der Waals surface area contributed by atoms with Crippen LogP contribution in [0.1, 0.15) is 12.8 Å². The van der Waals surface area contributed by atoms with E-state index in [9.17, 15) is 4.79 Å². The summed E-state index contributed by atoms with van der Waals surface area (Å²) in [5, 5.41) is 10.1. The fraction of sp³-hybridized carbons (Fsp3) is 0.500. The van der Waals surface area contributed by atoms with E-state index in [1.165, 1.54) is 0 Å². The highest BCUT2D eigenvalue weighted by Gasteiger charge is 2.23. The molecule has 6 heteroatoms. The number of halogens is 2. The number of nitrogens with zero attached hydrogens (tertiary/aromatic N) is 1. The minimum atomic E-state index is -0.0887. The molecule has 1 atom stereocenters. The van der Waals surface area contributed by atoms with Crippen molar-refractivity contribution in [1.82, 2.24) is 4.90 Å². The molecule has 0 aromatic heterocycles. The molecule has 1 aliphatic rings. The van der Waals surface area contributed by atoms with Gasteiger partial charge in [-0.1, -0.05) is 23.2 Å². The van der Waals surface area contributed by atoms with Crippen LogP contribution in [0, 0.1) is 5.92 Å². The van der Waals surface area contributed by atoms with Gasteiger partial charge in [-0.2, -0.15) is 0 Å². The molecule has 1 aromatic rings. The summed E-state index contributed by atoms with van der Waals surface area (Å²) in [6.45, 7) is 1.37. The fourth-order valence-electron chi connectivity index (χ4n) is 2.26. The molecule has 4 nitrogen and oxygen atoms in total. The SMILES string of the molecule is O=C(COc1ccc(Cl)cc1Cl)N1CCCC(CO)C1. The molecule has 110 valence electrons. The molecule has 1 fully saturated rings. The van der Waals surface area contributed by atoms with Crippen LogP contribution in [-0.2, 0) is 4.79 Å². The van der Waals surface area contributed by atoms with Crippen LogP contribution in [0.2, 0.25) is 10.0 Å². The van der Waals surface area contributed by atoms with Gasteiger partial charge in [-0.25, -0.2) is 0 Å². The Labute approximate surface area is 128 Å². The molecule has 1 aliphatic heterocycles. The summed E-state index contributed by atoms with van der Waals surface area (Å²) >= 11 is 11.8. The Morgan fingerprint density at radius 2 is 2.25 bits per heavy atom. The third-order valence-corrected chi connectivity index (χ3v) is 3.91. The molecular weight excluding hydrogens is 301 g/mol. The normalized spacial score (nSPS) is 18.9. The third kappa shape index (κ3) is 4.01. The Balaban J connectivity index is 1.88. The van der Waals surface area contributed by atoms with Crippen LogP contribution in [0.15, 0.2) is 18.2 Å². The number of aliphatic hydroxyl groups is 1. The van der Waals surface area contributed by atoms with Crippen molar-refractivity contribution in [2.45, 2.75) is 12.8 Å². The van der Waals surface area contributed by atoms with Gasteiger partial charge in [-0.3, -0.25) is 4.79 Å². The first-order chi connectivity index (χ1) is 9.60. The van der Waals surface area contributed by atoms with Crippen molar-refractivity contribution in [2.24, 2.45) is 5.92 Å². The number of hydrogen-bond acceptors (Lipinski definition) is 3. The van der Waals surface area contributed by atoms with Crippen LogP contribution in [0.5, 0.6) is 5.75 Å². The molecular formula is C14H17Cl2NO3. The van der Waals surface area contributed by atoms with Gasteiger partial charge < -0.3 is 14.7 Å². The van der Waals surface area contributed by atoms with Gasteiger partial charge in [-0.05, 0) is 37.0 Å². The van der Waals surface area contributed by atoms with Gasteiger partial charge in [0.1, 0.15) is 5.75 Å². The largest absolute Gasteiger partial charge is 0.482 e. The van der Waals surface area contributed by atoms with Gasteiger partial charge in [0.15, 0.2) is 6.61 Å². The number of ether oxygens (including phenoxy) is 1. The Hall–Kier alpha value is -0.970. The summed E-state index contributed by atoms with van der Waals surface area (Å²) in [6, 6.07) is 4.88. The highest BCUT2D eigenvalue weighted by molar-refractivity contribution is 6.35. The number of rotatable bonds is 4. The van der Waals surface area contributed by atoms with E-state index < -0.39 is 0 Å². The van der Waals surface area contributed by atoms with Crippen molar-refractivity contribution in [3.63, 3.8) is 0 Å². The first kappa shape index (κ1) is 15.4. The Morgan fingerprint density at radius 1 is 1.45 bits per heavy atom. The van der Waals surface area contributed by atoms with Gasteiger partial charge in [0.05, 0.1) is 5.02 Å². The Morgan fingerprint density at radius 3 is 2.95 bits per heavy atom. The number of piperidine rings is 1. The number of carbonyl (C=O) groups excluding carboxylic acids is 1. The van der Waals surface area contributed by atoms with Crippen LogP contribution in [0.3, 0.4) is 0 Å². The predicted octanol–water partition coefficient (Wildman–Crippen LogP) is 2.60. The van der Waals surface area contributed by atoms with E-state index >= 15 is 0 Å². The van der Waals surface area contributed by atoms with E-state index in [0.29, 0.717) is 28.9 Å². The van der Waals surface area contributed by atoms with E-state index in [-0.39, 0.29) is 25.0 Å². The zero-order valence-electron chi connectivity index (χ0n) is 11.0. The lowest BCUT2D eigenvalue weighted by atomic mass is 9.99. The fourth-order valence-corrected chi connectivity index (χ4v) is 2.73. The number of hydrogen-bond donors (Lipinski definition) is 1. The summed E-state index contributed by atoms with van der Waals surface area (Å²) in [7, 11) is 0. The van der Waals surface area contributed by atoms with Crippen LogP contribution >= 0.6 is 23.2 Å². The zero-order chi connectivity index (χ0) is 14.5. The van der Waals surface area contributed by atoms with Crippen molar-refractivity contribution < 1.29 is 14.6 Å². The lowest BCUT2D eigenvalue weighted by Crippen LogP contribution is -2.43. The highest BCUT2D eigenvalue weighted by Crippen LogP contribution is 2.27. The summed E-state index contributed by atoms with van der Waals surface area (Å²) in [6.07, 6.45) is 1.88. The maximum absolute atomic E-state index is 12.1. The average molecular weight is 318 g/mol. The van der Waals surface area contributed by atoms with E-state index in [0.717, 1.165) is 12.8 Å². The molecule has 0 saturated carbocycles. The third-order valence-electron chi connectivity index (χ3n) is 3.37. The van der Waals surface area contributed by atoms with Crippen LogP contribution in [0.25, 0.3) is 0 Å². The molecule has 0 radical (unpaired) electrons. The maximum Gasteiger partial charge on any atom is 0.260 e. The van der Waals surface area contributed by atoms with E-state index in [4.69, 9.17) is 33.0 Å². The number of aliphatic hydroxyl groups excluding tert-OH is 1.